The highest BCUT2D eigenvalue weighted by molar-refractivity contribution is 7.99. The van der Waals surface area contributed by atoms with Gasteiger partial charge in [0.25, 0.3) is 0 Å². The van der Waals surface area contributed by atoms with Crippen molar-refractivity contribution >= 4 is 29.6 Å². The first-order valence-electron chi connectivity index (χ1n) is 15.1. The molecule has 2 aromatic carbocycles. The lowest BCUT2D eigenvalue weighted by Crippen LogP contribution is -2.69. The summed E-state index contributed by atoms with van der Waals surface area (Å²) in [6.07, 6.45) is 0.435. The number of carbonyl (C=O) groups is 3. The largest absolute Gasteiger partial charge is 0.504 e. The molecular weight excluding hydrogens is 616 g/mol. The molecule has 14 heteroatoms. The average molecular weight is 651 g/mol. The van der Waals surface area contributed by atoms with Crippen LogP contribution in [0.15, 0.2) is 6.07 Å². The number of phenolic OH excluding ortho intramolecular Hbond substituents is 2. The van der Waals surface area contributed by atoms with Crippen molar-refractivity contribution in [2.24, 2.45) is 0 Å². The molecule has 6 aliphatic heterocycles. The van der Waals surface area contributed by atoms with Gasteiger partial charge in [0.2, 0.25) is 12.7 Å². The number of hydrogen-bond donors (Lipinski definition) is 3. The minimum atomic E-state index is -0.967. The minimum absolute atomic E-state index is 0.0694. The van der Waals surface area contributed by atoms with Gasteiger partial charge >= 0.3 is 11.9 Å². The molecule has 7 atom stereocenters. The van der Waals surface area contributed by atoms with E-state index in [1.165, 1.54) is 25.6 Å². The van der Waals surface area contributed by atoms with E-state index in [9.17, 15) is 29.9 Å². The number of hydrogen-bond acceptors (Lipinski definition) is 13. The summed E-state index contributed by atoms with van der Waals surface area (Å²) in [6, 6.07) is 0.566. The number of esters is 2. The maximum atomic E-state index is 13.4. The second-order valence-corrected chi connectivity index (χ2v) is 13.6. The first-order valence-corrected chi connectivity index (χ1v) is 16.1. The third-order valence-corrected chi connectivity index (χ3v) is 11.3. The van der Waals surface area contributed by atoms with Crippen molar-refractivity contribution in [3.05, 3.63) is 39.4 Å². The molecule has 0 radical (unpaired) electrons. The zero-order valence-corrected chi connectivity index (χ0v) is 26.8. The van der Waals surface area contributed by atoms with Crippen molar-refractivity contribution in [1.82, 2.24) is 15.1 Å². The Bertz CT molecular complexity index is 1740. The number of benzene rings is 2. The van der Waals surface area contributed by atoms with E-state index in [0.29, 0.717) is 51.5 Å². The summed E-state index contributed by atoms with van der Waals surface area (Å²) in [5.41, 5.74) is 3.73. The number of aryl methyl sites for hydroxylation is 1. The minimum Gasteiger partial charge on any atom is -0.504 e. The molecule has 0 spiro atoms. The van der Waals surface area contributed by atoms with E-state index >= 15 is 0 Å². The molecule has 0 saturated carbocycles. The van der Waals surface area contributed by atoms with Crippen molar-refractivity contribution in [1.29, 1.82) is 5.26 Å². The van der Waals surface area contributed by atoms with Crippen LogP contribution in [-0.4, -0.2) is 88.2 Å². The summed E-state index contributed by atoms with van der Waals surface area (Å²) in [7, 11) is 1.91. The van der Waals surface area contributed by atoms with Gasteiger partial charge in [-0.25, -0.2) is 4.79 Å². The zero-order valence-electron chi connectivity index (χ0n) is 25.9. The summed E-state index contributed by atoms with van der Waals surface area (Å²) in [4.78, 5) is 42.2. The third-order valence-electron chi connectivity index (χ3n) is 9.86. The van der Waals surface area contributed by atoms with Gasteiger partial charge in [0.05, 0.1) is 23.4 Å². The Balaban J connectivity index is 1.54. The van der Waals surface area contributed by atoms with Gasteiger partial charge in [0.1, 0.15) is 24.4 Å². The Labute approximate surface area is 269 Å². The van der Waals surface area contributed by atoms with Crippen LogP contribution in [0.4, 0.5) is 0 Å². The van der Waals surface area contributed by atoms with Crippen molar-refractivity contribution in [2.45, 2.75) is 75.6 Å². The lowest BCUT2D eigenvalue weighted by molar-refractivity contribution is -0.152. The fourth-order valence-electron chi connectivity index (χ4n) is 8.06. The molecule has 2 saturated heterocycles. The molecule has 8 rings (SSSR count). The van der Waals surface area contributed by atoms with Crippen LogP contribution in [0.1, 0.15) is 64.6 Å². The molecule has 6 aliphatic rings. The molecule has 1 amide bonds. The molecule has 2 fully saturated rings. The maximum absolute atomic E-state index is 13.4. The van der Waals surface area contributed by atoms with Gasteiger partial charge in [0, 0.05) is 53.9 Å². The predicted molar refractivity (Wildman–Crippen MR) is 163 cm³/mol. The van der Waals surface area contributed by atoms with E-state index in [2.05, 4.69) is 21.2 Å². The van der Waals surface area contributed by atoms with Crippen molar-refractivity contribution in [3.8, 4) is 34.8 Å². The van der Waals surface area contributed by atoms with Crippen LogP contribution in [0.5, 0.6) is 28.7 Å². The number of thioether (sulfide) groups is 1. The van der Waals surface area contributed by atoms with Gasteiger partial charge < -0.3 is 34.5 Å². The standard InChI is InChI=1S/C32H34N4O9S/c1-12-6-16-7-18-19(8-33)36-20-9-42-32(41)17(34-14(3)37)10-46-31(25(36)24(35(18)5)21(16)27(40)26(12)39)23-22(20)30-29(43-11-44-30)13(2)28(23)45-15(4)38/h6,17-20,24-25,31,39-40H,7,9-11H2,1-5H3,(H,34,37)/t17-,18-,19-,20+,24+,25?,31+/m0/s1. The molecule has 46 heavy (non-hydrogen) atoms. The van der Waals surface area contributed by atoms with Crippen molar-refractivity contribution in [3.63, 3.8) is 0 Å². The van der Waals surface area contributed by atoms with Crippen LogP contribution in [0.2, 0.25) is 0 Å². The summed E-state index contributed by atoms with van der Waals surface area (Å²) in [6.45, 7) is 5.88. The van der Waals surface area contributed by atoms with E-state index in [0.717, 1.165) is 5.56 Å². The number of nitrogens with one attached hydrogen (secondary N) is 1. The normalized spacial score (nSPS) is 29.5. The number of nitriles is 1. The van der Waals surface area contributed by atoms with Gasteiger partial charge in [-0.05, 0) is 38.4 Å². The molecule has 2 aromatic rings. The van der Waals surface area contributed by atoms with E-state index in [4.69, 9.17) is 18.9 Å². The predicted octanol–water partition coefficient (Wildman–Crippen LogP) is 2.43. The number of fused-ring (bicyclic) bond motifs is 10. The maximum Gasteiger partial charge on any atom is 0.329 e. The second kappa shape index (κ2) is 11.0. The molecule has 0 aromatic heterocycles. The molecular formula is C32H34N4O9S. The topological polar surface area (TPSA) is 171 Å². The molecule has 1 unspecified atom stereocenters. The van der Waals surface area contributed by atoms with Gasteiger partial charge in [-0.15, -0.1) is 11.8 Å². The molecule has 4 bridgehead atoms. The number of nitrogens with zero attached hydrogens (tertiary/aromatic N) is 3. The fourth-order valence-corrected chi connectivity index (χ4v) is 9.57. The van der Waals surface area contributed by atoms with Gasteiger partial charge in [0.15, 0.2) is 23.0 Å². The Hall–Kier alpha value is -4.19. The van der Waals surface area contributed by atoms with Crippen LogP contribution >= 0.6 is 11.8 Å². The Morgan fingerprint density at radius 3 is 2.54 bits per heavy atom. The second-order valence-electron chi connectivity index (χ2n) is 12.4. The number of ether oxygens (including phenoxy) is 4. The van der Waals surface area contributed by atoms with E-state index in [1.54, 1.807) is 13.8 Å². The number of rotatable bonds is 2. The average Bonchev–Trinajstić information content (AvgIpc) is 3.49. The fraction of sp³-hybridized carbons (Fsp3) is 0.500. The van der Waals surface area contributed by atoms with Crippen LogP contribution in [0, 0.1) is 25.2 Å². The van der Waals surface area contributed by atoms with Gasteiger partial charge in [-0.1, -0.05) is 6.07 Å². The number of amides is 1. The van der Waals surface area contributed by atoms with Crippen LogP contribution in [0.25, 0.3) is 0 Å². The molecule has 13 nitrogen and oxygen atoms in total. The van der Waals surface area contributed by atoms with Crippen LogP contribution in [0.3, 0.4) is 0 Å². The molecule has 6 heterocycles. The smallest absolute Gasteiger partial charge is 0.329 e. The zero-order chi connectivity index (χ0) is 32.8. The summed E-state index contributed by atoms with van der Waals surface area (Å²) < 4.78 is 23.8. The summed E-state index contributed by atoms with van der Waals surface area (Å²) in [5, 5.41) is 35.4. The summed E-state index contributed by atoms with van der Waals surface area (Å²) >= 11 is 1.36. The SMILES string of the molecule is CC(=O)N[C@H]1CS[C@@H]2c3c(OC(C)=O)c(C)c4c(c3[C@@H](COC1=O)N1C2[C@H]2c3c(cc(C)c(O)c3O)C[C@@H]([C@@H]1C#N)N2C)OCO4. The Kier molecular flexibility index (Phi) is 7.26. The van der Waals surface area contributed by atoms with Gasteiger partial charge in [-0.3, -0.25) is 19.4 Å². The highest BCUT2D eigenvalue weighted by Gasteiger charge is 2.60. The summed E-state index contributed by atoms with van der Waals surface area (Å²) in [5.74, 6) is -0.743. The number of piperazine rings is 1. The van der Waals surface area contributed by atoms with E-state index in [-0.39, 0.29) is 36.7 Å². The van der Waals surface area contributed by atoms with E-state index in [1.807, 2.05) is 13.1 Å². The number of likely N-dealkylation sites (N-methyl/N-ethyl adjacent to an activating group) is 1. The Morgan fingerprint density at radius 1 is 1.11 bits per heavy atom. The van der Waals surface area contributed by atoms with E-state index < -0.39 is 53.3 Å². The number of aromatic hydroxyl groups is 2. The lowest BCUT2D eigenvalue weighted by atomic mass is 9.71. The molecule has 0 aliphatic carbocycles. The van der Waals surface area contributed by atoms with Crippen LogP contribution < -0.4 is 19.5 Å². The molecule has 3 N–H and O–H groups in total. The van der Waals surface area contributed by atoms with Crippen LogP contribution in [-0.2, 0) is 25.5 Å². The van der Waals surface area contributed by atoms with Crippen molar-refractivity contribution < 1.29 is 43.5 Å². The first-order chi connectivity index (χ1) is 21.9. The van der Waals surface area contributed by atoms with Crippen molar-refractivity contribution in [2.75, 3.05) is 26.2 Å². The highest BCUT2D eigenvalue weighted by Crippen LogP contribution is 2.64. The monoisotopic (exact) mass is 650 g/mol. The first kappa shape index (κ1) is 30.5. The highest BCUT2D eigenvalue weighted by atomic mass is 32.2. The van der Waals surface area contributed by atoms with Gasteiger partial charge in [-0.2, -0.15) is 5.26 Å². The lowest BCUT2D eigenvalue weighted by Gasteiger charge is -2.61. The quantitative estimate of drug-likeness (QED) is 0.246. The Morgan fingerprint density at radius 2 is 1.85 bits per heavy atom. The number of carbonyl (C=O) groups excluding carboxylic acids is 3. The molecule has 242 valence electrons. The number of phenols is 2. The third kappa shape index (κ3) is 4.32.